The van der Waals surface area contributed by atoms with Gasteiger partial charge >= 0.3 is 0 Å². The summed E-state index contributed by atoms with van der Waals surface area (Å²) in [7, 11) is 1.88. The minimum absolute atomic E-state index is 0.406. The summed E-state index contributed by atoms with van der Waals surface area (Å²) >= 11 is 5.69. The van der Waals surface area contributed by atoms with Crippen molar-refractivity contribution in [1.29, 1.82) is 0 Å². The lowest BCUT2D eigenvalue weighted by atomic mass is 9.91. The summed E-state index contributed by atoms with van der Waals surface area (Å²) < 4.78 is 0.666. The Bertz CT molecular complexity index is 1120. The Labute approximate surface area is 194 Å². The Balaban J connectivity index is 0.000000305. The molecule has 1 aromatic carbocycles. The van der Waals surface area contributed by atoms with E-state index >= 15 is 0 Å². The molecule has 1 aliphatic carbocycles. The third-order valence-electron chi connectivity index (χ3n) is 5.73. The minimum atomic E-state index is 0.406. The second-order valence-electron chi connectivity index (χ2n) is 7.91. The van der Waals surface area contributed by atoms with Gasteiger partial charge in [0.25, 0.3) is 0 Å². The number of hydrogen-bond acceptors (Lipinski definition) is 5. The number of carbonyl (C=O) groups excluding carboxylic acids is 1. The first-order chi connectivity index (χ1) is 15.5. The van der Waals surface area contributed by atoms with Crippen LogP contribution >= 0.6 is 12.2 Å². The maximum atomic E-state index is 10.2. The number of nitrogens with one attached hydrogen (secondary N) is 2. The van der Waals surface area contributed by atoms with Crippen LogP contribution in [0.4, 0.5) is 11.5 Å². The van der Waals surface area contributed by atoms with Crippen molar-refractivity contribution in [2.75, 3.05) is 18.1 Å². The Morgan fingerprint density at radius 1 is 1.25 bits per heavy atom. The number of aldehydes is 1. The van der Waals surface area contributed by atoms with E-state index in [1.807, 2.05) is 49.6 Å². The summed E-state index contributed by atoms with van der Waals surface area (Å²) in [5, 5.41) is 3.13. The highest BCUT2D eigenvalue weighted by Crippen LogP contribution is 2.32. The van der Waals surface area contributed by atoms with Crippen LogP contribution in [-0.4, -0.2) is 23.3 Å². The molecular weight excluding hydrogens is 416 g/mol. The van der Waals surface area contributed by atoms with Crippen LogP contribution in [0.3, 0.4) is 0 Å². The largest absolute Gasteiger partial charge is 0.388 e. The monoisotopic (exact) mass is 446 g/mol. The van der Waals surface area contributed by atoms with Crippen molar-refractivity contribution < 1.29 is 4.79 Å². The van der Waals surface area contributed by atoms with Gasteiger partial charge in [0.2, 0.25) is 0 Å². The van der Waals surface area contributed by atoms with Gasteiger partial charge in [-0.2, -0.15) is 0 Å². The normalized spacial score (nSPS) is 13.5. The molecule has 1 aliphatic rings. The van der Waals surface area contributed by atoms with E-state index in [1.165, 1.54) is 19.3 Å². The summed E-state index contributed by atoms with van der Waals surface area (Å²) in [5.41, 5.74) is 11.5. The Hall–Kier alpha value is -3.25. The second-order valence-corrected chi connectivity index (χ2v) is 8.31. The quantitative estimate of drug-likeness (QED) is 0.318. The van der Waals surface area contributed by atoms with Crippen molar-refractivity contribution >= 4 is 35.6 Å². The summed E-state index contributed by atoms with van der Waals surface area (Å²) in [6.07, 6.45) is 12.6. The first-order valence-electron chi connectivity index (χ1n) is 10.9. The molecule has 5 nitrogen and oxygen atoms in total. The zero-order valence-electron chi connectivity index (χ0n) is 18.4. The summed E-state index contributed by atoms with van der Waals surface area (Å²) in [4.78, 5) is 17.4. The predicted octanol–water partition coefficient (Wildman–Crippen LogP) is 6.26. The van der Waals surface area contributed by atoms with Gasteiger partial charge in [-0.3, -0.25) is 4.98 Å². The van der Waals surface area contributed by atoms with E-state index in [-0.39, 0.29) is 0 Å². The standard InChI is InChI=1S/C19H18N4S.C7H12O/c1-12(13-5-3-7-15(9-13)21-2)17-18(24)16(11-23-19(17)20)14-6-4-8-22-10-14;8-6-7-4-2-1-3-5-7/h3-11,21H,1H2,2H3,(H3,20,23,24);6-7H,1-5H2. The number of nitrogen functional groups attached to an aromatic ring is 1. The van der Waals surface area contributed by atoms with E-state index in [4.69, 9.17) is 18.0 Å². The lowest BCUT2D eigenvalue weighted by Gasteiger charge is -2.14. The molecule has 0 atom stereocenters. The molecule has 0 bridgehead atoms. The van der Waals surface area contributed by atoms with Crippen molar-refractivity contribution in [2.45, 2.75) is 32.1 Å². The van der Waals surface area contributed by atoms with Gasteiger partial charge in [-0.05, 0) is 42.2 Å². The van der Waals surface area contributed by atoms with E-state index in [2.05, 4.69) is 21.9 Å². The summed E-state index contributed by atoms with van der Waals surface area (Å²) in [6, 6.07) is 11.8. The molecular formula is C26H30N4OS. The van der Waals surface area contributed by atoms with Gasteiger partial charge < -0.3 is 20.8 Å². The van der Waals surface area contributed by atoms with E-state index in [9.17, 15) is 4.79 Å². The van der Waals surface area contributed by atoms with Crippen molar-refractivity contribution in [3.05, 3.63) is 77.2 Å². The Morgan fingerprint density at radius 3 is 2.66 bits per heavy atom. The number of nitrogens with zero attached hydrogens (tertiary/aromatic N) is 1. The van der Waals surface area contributed by atoms with Crippen LogP contribution < -0.4 is 11.1 Å². The van der Waals surface area contributed by atoms with Crippen LogP contribution in [0, 0.1) is 10.4 Å². The number of aromatic nitrogens is 2. The van der Waals surface area contributed by atoms with Crippen LogP contribution in [-0.2, 0) is 4.79 Å². The van der Waals surface area contributed by atoms with Crippen LogP contribution in [0.5, 0.6) is 0 Å². The van der Waals surface area contributed by atoms with Crippen molar-refractivity contribution in [3.8, 4) is 11.1 Å². The summed E-state index contributed by atoms with van der Waals surface area (Å²) in [5.74, 6) is 0.913. The van der Waals surface area contributed by atoms with E-state index in [1.54, 1.807) is 12.4 Å². The predicted molar refractivity (Wildman–Crippen MR) is 136 cm³/mol. The Kier molecular flexibility index (Phi) is 8.34. The molecule has 4 rings (SSSR count). The maximum absolute atomic E-state index is 10.2. The maximum Gasteiger partial charge on any atom is 0.123 e. The highest BCUT2D eigenvalue weighted by Gasteiger charge is 2.13. The van der Waals surface area contributed by atoms with Crippen molar-refractivity contribution in [3.63, 3.8) is 0 Å². The van der Waals surface area contributed by atoms with Crippen LogP contribution in [0.2, 0.25) is 0 Å². The molecule has 0 aliphatic heterocycles. The van der Waals surface area contributed by atoms with Crippen LogP contribution in [0.25, 0.3) is 16.7 Å². The zero-order chi connectivity index (χ0) is 22.9. The van der Waals surface area contributed by atoms with Crippen molar-refractivity contribution in [1.82, 2.24) is 9.97 Å². The highest BCUT2D eigenvalue weighted by molar-refractivity contribution is 7.71. The topological polar surface area (TPSA) is 83.8 Å². The molecule has 2 aromatic heterocycles. The SMILES string of the molecule is C=C(c1cccc(NC)c1)c1c(N)[nH]cc(-c2cccnc2)c1=S.O=CC1CCCCC1. The first-order valence-corrected chi connectivity index (χ1v) is 11.3. The van der Waals surface area contributed by atoms with E-state index in [0.29, 0.717) is 16.2 Å². The summed E-state index contributed by atoms with van der Waals surface area (Å²) in [6.45, 7) is 4.22. The van der Waals surface area contributed by atoms with Gasteiger partial charge in [-0.1, -0.05) is 56.3 Å². The molecule has 32 heavy (non-hydrogen) atoms. The molecule has 1 fully saturated rings. The smallest absolute Gasteiger partial charge is 0.123 e. The average Bonchev–Trinajstić information content (AvgIpc) is 2.85. The van der Waals surface area contributed by atoms with Gasteiger partial charge in [0.05, 0.1) is 4.51 Å². The molecule has 2 heterocycles. The number of H-pyrrole nitrogens is 1. The number of aromatic amines is 1. The van der Waals surface area contributed by atoms with Crippen LogP contribution in [0.15, 0.2) is 61.6 Å². The van der Waals surface area contributed by atoms with Crippen LogP contribution in [0.1, 0.15) is 43.2 Å². The number of pyridine rings is 2. The molecule has 0 radical (unpaired) electrons. The minimum Gasteiger partial charge on any atom is -0.388 e. The fourth-order valence-electron chi connectivity index (χ4n) is 3.86. The van der Waals surface area contributed by atoms with Gasteiger partial charge in [0, 0.05) is 53.9 Å². The van der Waals surface area contributed by atoms with E-state index in [0.717, 1.165) is 52.6 Å². The molecule has 0 spiro atoms. The van der Waals surface area contributed by atoms with Gasteiger partial charge in [0.1, 0.15) is 12.1 Å². The van der Waals surface area contributed by atoms with Crippen molar-refractivity contribution in [2.24, 2.45) is 5.92 Å². The lowest BCUT2D eigenvalue weighted by Crippen LogP contribution is -2.06. The number of hydrogen-bond donors (Lipinski definition) is 3. The van der Waals surface area contributed by atoms with E-state index < -0.39 is 0 Å². The third-order valence-corrected chi connectivity index (χ3v) is 6.15. The highest BCUT2D eigenvalue weighted by atomic mass is 32.1. The number of rotatable bonds is 5. The number of carbonyl (C=O) groups is 1. The van der Waals surface area contributed by atoms with Gasteiger partial charge in [-0.15, -0.1) is 0 Å². The lowest BCUT2D eigenvalue weighted by molar-refractivity contribution is -0.111. The fraction of sp³-hybridized carbons (Fsp3) is 0.269. The molecule has 1 saturated carbocycles. The third kappa shape index (κ3) is 5.71. The number of nitrogens with two attached hydrogens (primary N) is 1. The second kappa shape index (κ2) is 11.4. The molecule has 166 valence electrons. The molecule has 0 amide bonds. The zero-order valence-corrected chi connectivity index (χ0v) is 19.3. The number of anilines is 2. The van der Waals surface area contributed by atoms with Gasteiger partial charge in [0.15, 0.2) is 0 Å². The molecule has 0 unspecified atom stereocenters. The Morgan fingerprint density at radius 2 is 2.03 bits per heavy atom. The molecule has 4 N–H and O–H groups in total. The molecule has 3 aromatic rings. The number of benzene rings is 1. The molecule has 6 heteroatoms. The average molecular weight is 447 g/mol. The van der Waals surface area contributed by atoms with Gasteiger partial charge in [-0.25, -0.2) is 0 Å². The first kappa shape index (κ1) is 23.4. The molecule has 0 saturated heterocycles. The fourth-order valence-corrected chi connectivity index (χ4v) is 4.27.